The number of esters is 1. The van der Waals surface area contributed by atoms with Crippen LogP contribution in [-0.4, -0.2) is 22.6 Å². The van der Waals surface area contributed by atoms with E-state index in [1.54, 1.807) is 66.7 Å². The standard InChI is InChI=1S/C33H22Cl2F4N2O2/c1-43-32(42)23-9-4-21(5-10-23)18-41-19-30(26-13-12-25(34)17-28(26)35)40-31(41)15-6-20-2-7-22(8-3-20)27-16-24(33(37,38)39)11-14-29(27)36/h2-17,19H,18H2,1H3/b15-6+. The summed E-state index contributed by atoms with van der Waals surface area (Å²) >= 11 is 12.5. The smallest absolute Gasteiger partial charge is 0.416 e. The van der Waals surface area contributed by atoms with E-state index in [9.17, 15) is 22.4 Å². The molecular weight excluding hydrogens is 603 g/mol. The van der Waals surface area contributed by atoms with Crippen molar-refractivity contribution >= 4 is 41.3 Å². The van der Waals surface area contributed by atoms with Crippen molar-refractivity contribution in [3.8, 4) is 22.4 Å². The second kappa shape index (κ2) is 12.5. The largest absolute Gasteiger partial charge is 0.465 e. The van der Waals surface area contributed by atoms with Crippen LogP contribution in [-0.2, 0) is 17.5 Å². The molecule has 10 heteroatoms. The molecule has 0 saturated carbocycles. The lowest BCUT2D eigenvalue weighted by Gasteiger charge is -2.10. The van der Waals surface area contributed by atoms with E-state index in [-0.39, 0.29) is 5.56 Å². The maximum absolute atomic E-state index is 14.4. The molecule has 0 aliphatic heterocycles. The number of methoxy groups -OCH3 is 1. The van der Waals surface area contributed by atoms with Crippen molar-refractivity contribution in [3.63, 3.8) is 0 Å². The second-order valence-electron chi connectivity index (χ2n) is 9.57. The summed E-state index contributed by atoms with van der Waals surface area (Å²) in [6.07, 6.45) is 0.850. The third kappa shape index (κ3) is 6.98. The van der Waals surface area contributed by atoms with E-state index in [0.29, 0.717) is 44.8 Å². The van der Waals surface area contributed by atoms with Gasteiger partial charge in [-0.05, 0) is 71.3 Å². The molecule has 0 unspecified atom stereocenters. The molecule has 0 aliphatic rings. The predicted octanol–water partition coefficient (Wildman–Crippen LogP) is 9.69. The third-order valence-electron chi connectivity index (χ3n) is 6.68. The van der Waals surface area contributed by atoms with E-state index in [0.717, 1.165) is 29.3 Å². The first-order chi connectivity index (χ1) is 20.5. The highest BCUT2D eigenvalue weighted by atomic mass is 35.5. The maximum Gasteiger partial charge on any atom is 0.416 e. The first kappa shape index (κ1) is 30.1. The summed E-state index contributed by atoms with van der Waals surface area (Å²) in [4.78, 5) is 16.6. The average molecular weight is 625 g/mol. The number of nitrogens with zero attached hydrogens (tertiary/aromatic N) is 2. The monoisotopic (exact) mass is 624 g/mol. The van der Waals surface area contributed by atoms with Crippen LogP contribution in [0.3, 0.4) is 0 Å². The van der Waals surface area contributed by atoms with Gasteiger partial charge in [0.15, 0.2) is 0 Å². The van der Waals surface area contributed by atoms with Gasteiger partial charge in [0.05, 0.1) is 29.0 Å². The number of carbonyl (C=O) groups is 1. The average Bonchev–Trinajstić information content (AvgIpc) is 3.38. The number of benzene rings is 4. The van der Waals surface area contributed by atoms with E-state index >= 15 is 0 Å². The minimum atomic E-state index is -4.58. The van der Waals surface area contributed by atoms with Gasteiger partial charge in [-0.3, -0.25) is 0 Å². The number of hydrogen-bond acceptors (Lipinski definition) is 3. The van der Waals surface area contributed by atoms with Crippen LogP contribution in [0.4, 0.5) is 17.6 Å². The van der Waals surface area contributed by atoms with Gasteiger partial charge >= 0.3 is 12.1 Å². The van der Waals surface area contributed by atoms with Crippen LogP contribution in [0.5, 0.6) is 0 Å². The maximum atomic E-state index is 14.4. The quantitative estimate of drug-likeness (QED) is 0.134. The van der Waals surface area contributed by atoms with Gasteiger partial charge in [-0.25, -0.2) is 14.2 Å². The summed E-state index contributed by atoms with van der Waals surface area (Å²) in [6, 6.07) is 21.0. The normalized spacial score (nSPS) is 11.7. The van der Waals surface area contributed by atoms with Gasteiger partial charge in [0.2, 0.25) is 0 Å². The Kier molecular flexibility index (Phi) is 8.71. The topological polar surface area (TPSA) is 44.1 Å². The highest BCUT2D eigenvalue weighted by Crippen LogP contribution is 2.34. The van der Waals surface area contributed by atoms with Crippen LogP contribution in [0.25, 0.3) is 34.5 Å². The highest BCUT2D eigenvalue weighted by Gasteiger charge is 2.31. The van der Waals surface area contributed by atoms with Crippen molar-refractivity contribution in [2.75, 3.05) is 7.11 Å². The molecule has 5 rings (SSSR count). The Morgan fingerprint density at radius 3 is 2.28 bits per heavy atom. The fourth-order valence-electron chi connectivity index (χ4n) is 4.45. The minimum absolute atomic E-state index is 0.136. The van der Waals surface area contributed by atoms with Gasteiger partial charge in [0, 0.05) is 28.9 Å². The Balaban J connectivity index is 1.45. The summed E-state index contributed by atoms with van der Waals surface area (Å²) in [5, 5.41) is 0.931. The molecule has 0 saturated heterocycles. The molecule has 0 N–H and O–H groups in total. The van der Waals surface area contributed by atoms with Crippen LogP contribution < -0.4 is 0 Å². The zero-order chi connectivity index (χ0) is 30.7. The lowest BCUT2D eigenvalue weighted by Crippen LogP contribution is -2.05. The molecule has 1 heterocycles. The first-order valence-electron chi connectivity index (χ1n) is 12.9. The van der Waals surface area contributed by atoms with Gasteiger partial charge < -0.3 is 9.30 Å². The van der Waals surface area contributed by atoms with Crippen LogP contribution in [0, 0.1) is 5.82 Å². The van der Waals surface area contributed by atoms with Crippen molar-refractivity contribution < 1.29 is 27.1 Å². The Morgan fingerprint density at radius 2 is 1.63 bits per heavy atom. The Bertz CT molecular complexity index is 1810. The first-order valence-corrected chi connectivity index (χ1v) is 13.6. The van der Waals surface area contributed by atoms with Crippen molar-refractivity contribution in [2.45, 2.75) is 12.7 Å². The van der Waals surface area contributed by atoms with Crippen LogP contribution in [0.2, 0.25) is 10.0 Å². The summed E-state index contributed by atoms with van der Waals surface area (Å²) in [5.41, 5.74) is 2.62. The van der Waals surface area contributed by atoms with Crippen molar-refractivity contribution in [3.05, 3.63) is 135 Å². The number of aromatic nitrogens is 2. The number of halogens is 6. The number of imidazole rings is 1. The predicted molar refractivity (Wildman–Crippen MR) is 160 cm³/mol. The van der Waals surface area contributed by atoms with Crippen molar-refractivity contribution in [2.24, 2.45) is 0 Å². The van der Waals surface area contributed by atoms with Crippen LogP contribution >= 0.6 is 23.2 Å². The second-order valence-corrected chi connectivity index (χ2v) is 10.4. The molecule has 1 aromatic heterocycles. The number of carbonyl (C=O) groups excluding carboxylic acids is 1. The summed E-state index contributed by atoms with van der Waals surface area (Å²) in [5.74, 6) is -0.586. The number of hydrogen-bond donors (Lipinski definition) is 0. The zero-order valence-electron chi connectivity index (χ0n) is 22.5. The van der Waals surface area contributed by atoms with Gasteiger partial charge in [-0.2, -0.15) is 13.2 Å². The van der Waals surface area contributed by atoms with E-state index < -0.39 is 23.5 Å². The lowest BCUT2D eigenvalue weighted by molar-refractivity contribution is -0.137. The number of ether oxygens (including phenoxy) is 1. The van der Waals surface area contributed by atoms with Gasteiger partial charge in [-0.1, -0.05) is 65.7 Å². The Labute approximate surface area is 254 Å². The lowest BCUT2D eigenvalue weighted by atomic mass is 10.0. The highest BCUT2D eigenvalue weighted by molar-refractivity contribution is 6.36. The van der Waals surface area contributed by atoms with E-state index in [1.807, 2.05) is 22.9 Å². The molecule has 5 aromatic rings. The summed E-state index contributed by atoms with van der Waals surface area (Å²) in [7, 11) is 1.32. The van der Waals surface area contributed by atoms with E-state index in [4.69, 9.17) is 32.9 Å². The molecule has 0 aliphatic carbocycles. The van der Waals surface area contributed by atoms with Gasteiger partial charge in [0.25, 0.3) is 0 Å². The van der Waals surface area contributed by atoms with Gasteiger partial charge in [-0.15, -0.1) is 0 Å². The van der Waals surface area contributed by atoms with Gasteiger partial charge in [0.1, 0.15) is 11.6 Å². The van der Waals surface area contributed by atoms with Crippen LogP contribution in [0.15, 0.2) is 91.1 Å². The SMILES string of the molecule is COC(=O)c1ccc(Cn2cc(-c3ccc(Cl)cc3Cl)nc2/C=C/c2ccc(-c3cc(C(F)(F)F)ccc3F)cc2)cc1. The number of alkyl halides is 3. The molecule has 0 atom stereocenters. The third-order valence-corrected chi connectivity index (χ3v) is 7.23. The zero-order valence-corrected chi connectivity index (χ0v) is 24.0. The molecule has 0 spiro atoms. The molecular formula is C33H22Cl2F4N2O2. The molecule has 0 radical (unpaired) electrons. The fourth-order valence-corrected chi connectivity index (χ4v) is 4.95. The molecule has 218 valence electrons. The van der Waals surface area contributed by atoms with E-state index in [2.05, 4.69) is 0 Å². The number of rotatable bonds is 7. The molecule has 43 heavy (non-hydrogen) atoms. The summed E-state index contributed by atoms with van der Waals surface area (Å²) < 4.78 is 60.5. The minimum Gasteiger partial charge on any atom is -0.465 e. The van der Waals surface area contributed by atoms with Crippen LogP contribution in [0.1, 0.15) is 32.9 Å². The molecule has 0 amide bonds. The summed E-state index contributed by atoms with van der Waals surface area (Å²) in [6.45, 7) is 0.424. The molecule has 0 bridgehead atoms. The molecule has 4 nitrogen and oxygen atoms in total. The van der Waals surface area contributed by atoms with Crippen molar-refractivity contribution in [1.82, 2.24) is 9.55 Å². The Hall–Kier alpha value is -4.40. The Morgan fingerprint density at radius 1 is 0.907 bits per heavy atom. The fraction of sp³-hybridized carbons (Fsp3) is 0.0909. The molecule has 4 aromatic carbocycles. The molecule has 0 fully saturated rings. The van der Waals surface area contributed by atoms with E-state index in [1.165, 1.54) is 7.11 Å². The van der Waals surface area contributed by atoms with Crippen molar-refractivity contribution in [1.29, 1.82) is 0 Å².